The molecule has 2 N–H and O–H groups in total. The molecule has 1 aliphatic rings. The number of benzene rings is 1. The number of aliphatic imine (C=N–C) groups is 1. The van der Waals surface area contributed by atoms with Crippen LogP contribution in [0.3, 0.4) is 0 Å². The summed E-state index contributed by atoms with van der Waals surface area (Å²) in [5.41, 5.74) is 1.10. The number of hydrogen-bond acceptors (Lipinski definition) is 6. The molecule has 0 atom stereocenters. The van der Waals surface area contributed by atoms with Crippen LogP contribution in [0.1, 0.15) is 25.3 Å². The first-order valence-corrected chi connectivity index (χ1v) is 10.4. The number of piperidine rings is 1. The first kappa shape index (κ1) is 20.4. The summed E-state index contributed by atoms with van der Waals surface area (Å²) in [6.45, 7) is 12.4. The third kappa shape index (κ3) is 4.94. The van der Waals surface area contributed by atoms with Gasteiger partial charge in [-0.25, -0.2) is 4.98 Å². The van der Waals surface area contributed by atoms with Gasteiger partial charge in [-0.3, -0.25) is 4.99 Å². The molecule has 0 unspecified atom stereocenters. The standard InChI is InChI=1S/C22H29N5S/c1-15(28-17(3)23-4)18-6-7-19-14-25-22(13-20(19)12-18)26-16(2)27-10-8-21(24-5)9-11-27/h6-7,12-14,21,24H,1-2,8-11H2,3-5H3,(H,25,26)/b23-17-. The van der Waals surface area contributed by atoms with Crippen LogP contribution in [0.25, 0.3) is 15.7 Å². The van der Waals surface area contributed by atoms with Crippen LogP contribution in [-0.4, -0.2) is 48.2 Å². The van der Waals surface area contributed by atoms with Gasteiger partial charge in [0.15, 0.2) is 0 Å². The molecule has 148 valence electrons. The van der Waals surface area contributed by atoms with Gasteiger partial charge in [0.1, 0.15) is 5.82 Å². The summed E-state index contributed by atoms with van der Waals surface area (Å²) in [5, 5.41) is 9.97. The zero-order valence-electron chi connectivity index (χ0n) is 17.0. The Bertz CT molecular complexity index is 897. The summed E-state index contributed by atoms with van der Waals surface area (Å²) in [5.74, 6) is 1.72. The Morgan fingerprint density at radius 1 is 1.21 bits per heavy atom. The first-order chi connectivity index (χ1) is 13.5. The van der Waals surface area contributed by atoms with Crippen LogP contribution in [0, 0.1) is 0 Å². The highest BCUT2D eigenvalue weighted by Gasteiger charge is 2.18. The molecule has 5 nitrogen and oxygen atoms in total. The Labute approximate surface area is 172 Å². The third-order valence-corrected chi connectivity index (χ3v) is 6.15. The van der Waals surface area contributed by atoms with Crippen LogP contribution in [-0.2, 0) is 0 Å². The molecule has 1 aromatic carbocycles. The number of nitrogens with zero attached hydrogens (tertiary/aromatic N) is 3. The number of aromatic nitrogens is 1. The molecule has 28 heavy (non-hydrogen) atoms. The highest BCUT2D eigenvalue weighted by atomic mass is 32.2. The van der Waals surface area contributed by atoms with Gasteiger partial charge in [0.2, 0.25) is 0 Å². The van der Waals surface area contributed by atoms with Crippen molar-refractivity contribution in [3.63, 3.8) is 0 Å². The minimum absolute atomic E-state index is 0.605. The van der Waals surface area contributed by atoms with E-state index in [1.807, 2.05) is 20.2 Å². The molecule has 0 bridgehead atoms. The predicted molar refractivity (Wildman–Crippen MR) is 124 cm³/mol. The molecule has 6 heteroatoms. The zero-order valence-corrected chi connectivity index (χ0v) is 17.8. The van der Waals surface area contributed by atoms with Crippen LogP contribution in [0.15, 0.2) is 54.4 Å². The average Bonchev–Trinajstić information content (AvgIpc) is 2.73. The fourth-order valence-electron chi connectivity index (χ4n) is 3.33. The van der Waals surface area contributed by atoms with Gasteiger partial charge in [-0.1, -0.05) is 37.1 Å². The van der Waals surface area contributed by atoms with E-state index in [1.165, 1.54) is 0 Å². The van der Waals surface area contributed by atoms with Crippen molar-refractivity contribution in [3.05, 3.63) is 55.0 Å². The maximum atomic E-state index is 4.55. The van der Waals surface area contributed by atoms with Gasteiger partial charge in [0.05, 0.1) is 10.9 Å². The number of pyridine rings is 1. The minimum atomic E-state index is 0.605. The number of nitrogens with one attached hydrogen (secondary N) is 2. The average molecular weight is 396 g/mol. The van der Waals surface area contributed by atoms with E-state index >= 15 is 0 Å². The maximum absolute atomic E-state index is 4.55. The molecule has 1 aromatic heterocycles. The summed E-state index contributed by atoms with van der Waals surface area (Å²) in [6.07, 6.45) is 4.16. The lowest BCUT2D eigenvalue weighted by Crippen LogP contribution is -2.41. The van der Waals surface area contributed by atoms with Crippen LogP contribution >= 0.6 is 11.8 Å². The Morgan fingerprint density at radius 2 is 1.96 bits per heavy atom. The molecular weight excluding hydrogens is 366 g/mol. The number of hydrogen-bond donors (Lipinski definition) is 2. The molecule has 3 rings (SSSR count). The van der Waals surface area contributed by atoms with Crippen molar-refractivity contribution in [1.29, 1.82) is 0 Å². The molecule has 0 saturated carbocycles. The molecule has 1 saturated heterocycles. The van der Waals surface area contributed by atoms with E-state index in [-0.39, 0.29) is 0 Å². The fourth-order valence-corrected chi connectivity index (χ4v) is 4.02. The van der Waals surface area contributed by atoms with Crippen molar-refractivity contribution in [2.24, 2.45) is 4.99 Å². The Balaban J connectivity index is 1.72. The molecule has 2 heterocycles. The van der Waals surface area contributed by atoms with Crippen molar-refractivity contribution in [2.45, 2.75) is 25.8 Å². The van der Waals surface area contributed by atoms with Crippen LogP contribution in [0.4, 0.5) is 5.82 Å². The second kappa shape index (κ2) is 9.26. The molecule has 0 amide bonds. The molecule has 2 aromatic rings. The van der Waals surface area contributed by atoms with Gasteiger partial charge >= 0.3 is 0 Å². The van der Waals surface area contributed by atoms with Crippen LogP contribution < -0.4 is 10.6 Å². The lowest BCUT2D eigenvalue weighted by molar-refractivity contribution is 0.251. The van der Waals surface area contributed by atoms with E-state index in [2.05, 4.69) is 62.9 Å². The third-order valence-electron chi connectivity index (χ3n) is 5.19. The Morgan fingerprint density at radius 3 is 2.64 bits per heavy atom. The normalized spacial score (nSPS) is 15.7. The quantitative estimate of drug-likeness (QED) is 0.555. The van der Waals surface area contributed by atoms with Gasteiger partial charge in [0.25, 0.3) is 0 Å². The summed E-state index contributed by atoms with van der Waals surface area (Å²) in [7, 11) is 3.83. The maximum Gasteiger partial charge on any atom is 0.131 e. The van der Waals surface area contributed by atoms with E-state index in [9.17, 15) is 0 Å². The molecule has 0 radical (unpaired) electrons. The molecule has 1 fully saturated rings. The highest BCUT2D eigenvalue weighted by Crippen LogP contribution is 2.29. The smallest absolute Gasteiger partial charge is 0.131 e. The summed E-state index contributed by atoms with van der Waals surface area (Å²) in [6, 6.07) is 9.00. The molecule has 1 aliphatic heterocycles. The molecule has 0 aliphatic carbocycles. The zero-order chi connectivity index (χ0) is 20.1. The summed E-state index contributed by atoms with van der Waals surface area (Å²) in [4.78, 5) is 12.0. The molecule has 0 spiro atoms. The number of anilines is 1. The summed E-state index contributed by atoms with van der Waals surface area (Å²) >= 11 is 1.60. The monoisotopic (exact) mass is 395 g/mol. The Hall–Kier alpha value is -2.31. The lowest BCUT2D eigenvalue weighted by atomic mass is 10.1. The van der Waals surface area contributed by atoms with E-state index < -0.39 is 0 Å². The molecular formula is C22H29N5S. The van der Waals surface area contributed by atoms with Crippen molar-refractivity contribution in [3.8, 4) is 0 Å². The van der Waals surface area contributed by atoms with Crippen molar-refractivity contribution < 1.29 is 0 Å². The van der Waals surface area contributed by atoms with E-state index in [0.29, 0.717) is 6.04 Å². The lowest BCUT2D eigenvalue weighted by Gasteiger charge is -2.34. The van der Waals surface area contributed by atoms with Gasteiger partial charge in [-0.05, 0) is 49.9 Å². The van der Waals surface area contributed by atoms with Gasteiger partial charge in [-0.15, -0.1) is 0 Å². The second-order valence-corrected chi connectivity index (χ2v) is 8.31. The number of thioether (sulfide) groups is 1. The van der Waals surface area contributed by atoms with Gasteiger partial charge < -0.3 is 15.5 Å². The van der Waals surface area contributed by atoms with E-state index in [0.717, 1.165) is 63.9 Å². The fraction of sp³-hybridized carbons (Fsp3) is 0.364. The highest BCUT2D eigenvalue weighted by molar-refractivity contribution is 8.21. The van der Waals surface area contributed by atoms with Crippen molar-refractivity contribution >= 4 is 38.3 Å². The van der Waals surface area contributed by atoms with E-state index in [1.54, 1.807) is 18.8 Å². The van der Waals surface area contributed by atoms with Crippen molar-refractivity contribution in [1.82, 2.24) is 15.2 Å². The number of likely N-dealkylation sites (tertiary alicyclic amines) is 1. The van der Waals surface area contributed by atoms with Crippen molar-refractivity contribution in [2.75, 3.05) is 32.5 Å². The largest absolute Gasteiger partial charge is 0.359 e. The topological polar surface area (TPSA) is 52.6 Å². The number of rotatable bonds is 6. The van der Waals surface area contributed by atoms with Crippen LogP contribution in [0.2, 0.25) is 0 Å². The minimum Gasteiger partial charge on any atom is -0.359 e. The predicted octanol–water partition coefficient (Wildman–Crippen LogP) is 4.55. The summed E-state index contributed by atoms with van der Waals surface area (Å²) < 4.78 is 0. The second-order valence-electron chi connectivity index (χ2n) is 7.02. The van der Waals surface area contributed by atoms with Crippen LogP contribution in [0.5, 0.6) is 0 Å². The van der Waals surface area contributed by atoms with Gasteiger partial charge in [-0.2, -0.15) is 0 Å². The SMILES string of the molecule is C=C(S/C(C)=N\C)c1ccc2cnc(NC(=C)N3CCC(NC)CC3)cc2c1. The number of fused-ring (bicyclic) bond motifs is 1. The first-order valence-electron chi connectivity index (χ1n) is 9.58. The van der Waals surface area contributed by atoms with E-state index in [4.69, 9.17) is 0 Å². The Kier molecular flexibility index (Phi) is 6.75. The van der Waals surface area contributed by atoms with Gasteiger partial charge in [0, 0.05) is 42.7 Å².